The van der Waals surface area contributed by atoms with E-state index in [2.05, 4.69) is 26.1 Å². The maximum Gasteiger partial charge on any atom is 0.151 e. The summed E-state index contributed by atoms with van der Waals surface area (Å²) in [6, 6.07) is 5.59. The Balaban J connectivity index is 2.41. The Kier molecular flexibility index (Phi) is 2.62. The molecule has 2 aromatic rings. The molecule has 0 atom stereocenters. The summed E-state index contributed by atoms with van der Waals surface area (Å²) < 4.78 is 1.06. The van der Waals surface area contributed by atoms with Gasteiger partial charge in [0.2, 0.25) is 0 Å². The molecular formula is C8H4BrClN2S. The third-order valence-corrected chi connectivity index (χ3v) is 3.37. The van der Waals surface area contributed by atoms with Crippen LogP contribution in [0, 0.1) is 0 Å². The van der Waals surface area contributed by atoms with E-state index in [1.165, 1.54) is 0 Å². The summed E-state index contributed by atoms with van der Waals surface area (Å²) in [5.41, 5.74) is 0.847. The van der Waals surface area contributed by atoms with Crippen molar-refractivity contribution in [1.29, 1.82) is 0 Å². The quantitative estimate of drug-likeness (QED) is 0.794. The summed E-state index contributed by atoms with van der Waals surface area (Å²) in [6.07, 6.45) is 0. The van der Waals surface area contributed by atoms with E-state index in [1.807, 2.05) is 17.5 Å². The maximum absolute atomic E-state index is 5.62. The number of hydrogen-bond donors (Lipinski definition) is 0. The van der Waals surface area contributed by atoms with Crippen molar-refractivity contribution in [3.63, 3.8) is 0 Å². The topological polar surface area (TPSA) is 25.8 Å². The summed E-state index contributed by atoms with van der Waals surface area (Å²) in [5.74, 6) is 0. The molecule has 0 fully saturated rings. The van der Waals surface area contributed by atoms with Crippen molar-refractivity contribution in [2.24, 2.45) is 0 Å². The minimum Gasteiger partial charge on any atom is -0.148 e. The van der Waals surface area contributed by atoms with E-state index in [0.717, 1.165) is 15.0 Å². The number of halogens is 2. The van der Waals surface area contributed by atoms with Gasteiger partial charge in [-0.15, -0.1) is 21.5 Å². The minimum absolute atomic E-state index is 0.416. The van der Waals surface area contributed by atoms with Crippen LogP contribution in [0.1, 0.15) is 0 Å². The molecule has 0 unspecified atom stereocenters. The molecule has 66 valence electrons. The highest BCUT2D eigenvalue weighted by Crippen LogP contribution is 2.28. The van der Waals surface area contributed by atoms with Crippen molar-refractivity contribution in [2.75, 3.05) is 0 Å². The zero-order chi connectivity index (χ0) is 9.26. The van der Waals surface area contributed by atoms with E-state index in [0.29, 0.717) is 5.15 Å². The van der Waals surface area contributed by atoms with Gasteiger partial charge in [0.15, 0.2) is 5.15 Å². The zero-order valence-corrected chi connectivity index (χ0v) is 9.53. The molecule has 2 heterocycles. The molecule has 2 aromatic heterocycles. The second-order valence-electron chi connectivity index (χ2n) is 2.37. The zero-order valence-electron chi connectivity index (χ0n) is 6.37. The summed E-state index contributed by atoms with van der Waals surface area (Å²) in [6.45, 7) is 0. The van der Waals surface area contributed by atoms with Crippen molar-refractivity contribution < 1.29 is 0 Å². The second kappa shape index (κ2) is 3.74. The van der Waals surface area contributed by atoms with Gasteiger partial charge in [0.1, 0.15) is 5.69 Å². The van der Waals surface area contributed by atoms with E-state index < -0.39 is 0 Å². The van der Waals surface area contributed by atoms with Crippen LogP contribution in [0.4, 0.5) is 0 Å². The number of nitrogens with zero attached hydrogens (tertiary/aromatic N) is 2. The molecule has 0 aliphatic carbocycles. The first-order chi connectivity index (χ1) is 6.25. The van der Waals surface area contributed by atoms with Gasteiger partial charge in [-0.1, -0.05) is 11.6 Å². The molecule has 0 aliphatic rings. The fourth-order valence-corrected chi connectivity index (χ4v) is 2.39. The molecule has 0 aliphatic heterocycles. The van der Waals surface area contributed by atoms with E-state index in [1.54, 1.807) is 17.4 Å². The van der Waals surface area contributed by atoms with Crippen LogP contribution >= 0.6 is 38.9 Å². The Morgan fingerprint density at radius 1 is 1.31 bits per heavy atom. The number of thiophene rings is 1. The Hall–Kier alpha value is -0.450. The molecule has 5 heteroatoms. The number of rotatable bonds is 1. The van der Waals surface area contributed by atoms with Crippen LogP contribution in [0.15, 0.2) is 28.1 Å². The highest BCUT2D eigenvalue weighted by atomic mass is 79.9. The van der Waals surface area contributed by atoms with Gasteiger partial charge in [-0.05, 0) is 34.1 Å². The number of hydrogen-bond acceptors (Lipinski definition) is 3. The molecule has 13 heavy (non-hydrogen) atoms. The SMILES string of the molecule is Clc1ccc(-c2cc(Br)cs2)nn1. The molecule has 0 radical (unpaired) electrons. The van der Waals surface area contributed by atoms with Gasteiger partial charge in [-0.25, -0.2) is 0 Å². The lowest BCUT2D eigenvalue weighted by Gasteiger charge is -1.93. The van der Waals surface area contributed by atoms with E-state index in [4.69, 9.17) is 11.6 Å². The predicted octanol–water partition coefficient (Wildman–Crippen LogP) is 3.62. The van der Waals surface area contributed by atoms with Gasteiger partial charge >= 0.3 is 0 Å². The molecule has 0 aromatic carbocycles. The molecule has 0 saturated carbocycles. The average molecular weight is 276 g/mol. The standard InChI is InChI=1S/C8H4BrClN2S/c9-5-3-7(13-4-5)6-1-2-8(10)12-11-6/h1-4H. The van der Waals surface area contributed by atoms with Crippen LogP contribution in [0.3, 0.4) is 0 Å². The summed E-state index contributed by atoms with van der Waals surface area (Å²) in [7, 11) is 0. The first-order valence-electron chi connectivity index (χ1n) is 3.49. The predicted molar refractivity (Wildman–Crippen MR) is 58.1 cm³/mol. The third-order valence-electron chi connectivity index (χ3n) is 1.45. The second-order valence-corrected chi connectivity index (χ2v) is 4.58. The van der Waals surface area contributed by atoms with Crippen molar-refractivity contribution in [2.45, 2.75) is 0 Å². The third kappa shape index (κ3) is 2.07. The van der Waals surface area contributed by atoms with Crippen LogP contribution in [0.5, 0.6) is 0 Å². The molecule has 2 rings (SSSR count). The lowest BCUT2D eigenvalue weighted by atomic mass is 10.3. The van der Waals surface area contributed by atoms with Gasteiger partial charge in [0, 0.05) is 9.85 Å². The smallest absolute Gasteiger partial charge is 0.148 e. The highest BCUT2D eigenvalue weighted by molar-refractivity contribution is 9.10. The average Bonchev–Trinajstić information content (AvgIpc) is 2.53. The van der Waals surface area contributed by atoms with Crippen molar-refractivity contribution in [1.82, 2.24) is 10.2 Å². The van der Waals surface area contributed by atoms with Crippen LogP contribution in [-0.2, 0) is 0 Å². The molecule has 2 nitrogen and oxygen atoms in total. The highest BCUT2D eigenvalue weighted by Gasteiger charge is 2.02. The van der Waals surface area contributed by atoms with Gasteiger partial charge in [0.25, 0.3) is 0 Å². The minimum atomic E-state index is 0.416. The van der Waals surface area contributed by atoms with Crippen molar-refractivity contribution in [3.8, 4) is 10.6 Å². The molecule has 0 bridgehead atoms. The molecule has 0 spiro atoms. The van der Waals surface area contributed by atoms with Crippen molar-refractivity contribution in [3.05, 3.63) is 33.2 Å². The Bertz CT molecular complexity index is 412. The molecule has 0 saturated heterocycles. The van der Waals surface area contributed by atoms with E-state index >= 15 is 0 Å². The Morgan fingerprint density at radius 2 is 2.15 bits per heavy atom. The van der Waals surface area contributed by atoms with Crippen LogP contribution < -0.4 is 0 Å². The summed E-state index contributed by atoms with van der Waals surface area (Å²) in [5, 5.41) is 10.2. The van der Waals surface area contributed by atoms with Gasteiger partial charge in [-0.2, -0.15) is 0 Å². The maximum atomic E-state index is 5.62. The van der Waals surface area contributed by atoms with E-state index in [-0.39, 0.29) is 0 Å². The largest absolute Gasteiger partial charge is 0.151 e. The first kappa shape index (κ1) is 9.12. The first-order valence-corrected chi connectivity index (χ1v) is 5.54. The number of aromatic nitrogens is 2. The lowest BCUT2D eigenvalue weighted by Crippen LogP contribution is -1.84. The summed E-state index contributed by atoms with van der Waals surface area (Å²) >= 11 is 10.6. The van der Waals surface area contributed by atoms with Gasteiger partial charge in [0.05, 0.1) is 4.88 Å². The molecule has 0 N–H and O–H groups in total. The Morgan fingerprint density at radius 3 is 2.69 bits per heavy atom. The lowest BCUT2D eigenvalue weighted by molar-refractivity contribution is 1.04. The van der Waals surface area contributed by atoms with Crippen LogP contribution in [0.25, 0.3) is 10.6 Å². The fourth-order valence-electron chi connectivity index (χ4n) is 0.895. The van der Waals surface area contributed by atoms with Crippen LogP contribution in [-0.4, -0.2) is 10.2 Å². The van der Waals surface area contributed by atoms with E-state index in [9.17, 15) is 0 Å². The molecular weight excluding hydrogens is 272 g/mol. The van der Waals surface area contributed by atoms with Gasteiger partial charge < -0.3 is 0 Å². The van der Waals surface area contributed by atoms with Crippen LogP contribution in [0.2, 0.25) is 5.15 Å². The normalized spacial score (nSPS) is 10.3. The Labute approximate surface area is 92.7 Å². The fraction of sp³-hybridized carbons (Fsp3) is 0. The van der Waals surface area contributed by atoms with Gasteiger partial charge in [-0.3, -0.25) is 0 Å². The summed E-state index contributed by atoms with van der Waals surface area (Å²) in [4.78, 5) is 1.08. The van der Waals surface area contributed by atoms with Crippen molar-refractivity contribution >= 4 is 38.9 Å². The molecule has 0 amide bonds. The monoisotopic (exact) mass is 274 g/mol.